The minimum absolute atomic E-state index is 0.221. The van der Waals surface area contributed by atoms with Crippen LogP contribution in [0.4, 0.5) is 17.6 Å². The van der Waals surface area contributed by atoms with Crippen LogP contribution in [0.5, 0.6) is 0 Å². The first kappa shape index (κ1) is 23.7. The molecule has 33 heavy (non-hydrogen) atoms. The van der Waals surface area contributed by atoms with E-state index in [9.17, 15) is 9.59 Å². The Hall–Kier alpha value is -3.99. The Kier molecular flexibility index (Phi) is 7.23. The van der Waals surface area contributed by atoms with Crippen LogP contribution in [-0.4, -0.2) is 69.8 Å². The molecule has 0 radical (unpaired) electrons. The Balaban J connectivity index is 1.85. The van der Waals surface area contributed by atoms with Gasteiger partial charge in [0, 0.05) is 42.8 Å². The lowest BCUT2D eigenvalue weighted by atomic mass is 10.1. The van der Waals surface area contributed by atoms with Gasteiger partial charge in [-0.15, -0.1) is 0 Å². The number of piperazine rings is 1. The van der Waals surface area contributed by atoms with E-state index in [1.807, 2.05) is 4.90 Å². The Labute approximate surface area is 190 Å². The van der Waals surface area contributed by atoms with E-state index in [1.54, 1.807) is 32.6 Å². The lowest BCUT2D eigenvalue weighted by Crippen LogP contribution is -2.58. The first-order valence-electron chi connectivity index (χ1n) is 10.3. The highest BCUT2D eigenvalue weighted by atomic mass is 16.6. The fraction of sp³-hybridized carbons (Fsp3) is 0.500. The van der Waals surface area contributed by atoms with Crippen LogP contribution in [0.25, 0.3) is 10.4 Å². The SMILES string of the molecule is CCOC(=O)c1cnc(N2CCN(c3ncc(N=[N+]=[N-])cn3)CC2C(=O)OC(C)(C)C)nc1. The number of nitrogens with zero attached hydrogens (tertiary/aromatic N) is 9. The van der Waals surface area contributed by atoms with Crippen molar-refractivity contribution in [3.63, 3.8) is 0 Å². The minimum Gasteiger partial charge on any atom is -0.462 e. The first-order valence-corrected chi connectivity index (χ1v) is 10.3. The molecule has 1 saturated heterocycles. The van der Waals surface area contributed by atoms with Crippen molar-refractivity contribution in [2.24, 2.45) is 5.11 Å². The molecule has 2 aromatic heterocycles. The van der Waals surface area contributed by atoms with Crippen LogP contribution in [0.1, 0.15) is 38.1 Å². The van der Waals surface area contributed by atoms with Crippen LogP contribution in [-0.2, 0) is 14.3 Å². The molecule has 0 N–H and O–H groups in total. The van der Waals surface area contributed by atoms with Gasteiger partial charge in [0.15, 0.2) is 0 Å². The molecule has 13 nitrogen and oxygen atoms in total. The summed E-state index contributed by atoms with van der Waals surface area (Å²) in [7, 11) is 0. The molecule has 1 aliphatic rings. The maximum absolute atomic E-state index is 13.1. The summed E-state index contributed by atoms with van der Waals surface area (Å²) in [5.41, 5.74) is 8.36. The fourth-order valence-electron chi connectivity index (χ4n) is 3.15. The topological polar surface area (TPSA) is 159 Å². The van der Waals surface area contributed by atoms with Crippen molar-refractivity contribution in [3.8, 4) is 0 Å². The Morgan fingerprint density at radius 2 is 1.76 bits per heavy atom. The molecule has 1 aliphatic heterocycles. The van der Waals surface area contributed by atoms with Gasteiger partial charge in [0.25, 0.3) is 0 Å². The zero-order valence-corrected chi connectivity index (χ0v) is 18.9. The number of anilines is 2. The largest absolute Gasteiger partial charge is 0.462 e. The maximum atomic E-state index is 13.1. The summed E-state index contributed by atoms with van der Waals surface area (Å²) in [6, 6.07) is -0.744. The van der Waals surface area contributed by atoms with E-state index in [2.05, 4.69) is 30.0 Å². The molecule has 1 atom stereocenters. The van der Waals surface area contributed by atoms with Crippen LogP contribution >= 0.6 is 0 Å². The molecule has 0 saturated carbocycles. The number of rotatable bonds is 6. The number of hydrogen-bond acceptors (Lipinski definition) is 11. The average Bonchev–Trinajstić information content (AvgIpc) is 2.78. The number of azide groups is 1. The molecule has 3 heterocycles. The van der Waals surface area contributed by atoms with Gasteiger partial charge < -0.3 is 19.3 Å². The molecular formula is C20H25N9O4. The molecule has 1 fully saturated rings. The van der Waals surface area contributed by atoms with Gasteiger partial charge in [-0.3, -0.25) is 0 Å². The average molecular weight is 455 g/mol. The highest BCUT2D eigenvalue weighted by molar-refractivity contribution is 5.88. The third-order valence-electron chi connectivity index (χ3n) is 4.53. The quantitative estimate of drug-likeness (QED) is 0.274. The lowest BCUT2D eigenvalue weighted by Gasteiger charge is -2.40. The highest BCUT2D eigenvalue weighted by Gasteiger charge is 2.37. The third-order valence-corrected chi connectivity index (χ3v) is 4.53. The molecular weight excluding hydrogens is 430 g/mol. The van der Waals surface area contributed by atoms with Gasteiger partial charge >= 0.3 is 11.9 Å². The van der Waals surface area contributed by atoms with Crippen molar-refractivity contribution in [2.75, 3.05) is 36.0 Å². The van der Waals surface area contributed by atoms with Gasteiger partial charge in [0.2, 0.25) is 11.9 Å². The molecule has 0 amide bonds. The zero-order chi connectivity index (χ0) is 24.0. The lowest BCUT2D eigenvalue weighted by molar-refractivity contribution is -0.156. The highest BCUT2D eigenvalue weighted by Crippen LogP contribution is 2.23. The summed E-state index contributed by atoms with van der Waals surface area (Å²) in [5, 5.41) is 3.46. The summed E-state index contributed by atoms with van der Waals surface area (Å²) in [5.74, 6) is -0.285. The second kappa shape index (κ2) is 10.1. The maximum Gasteiger partial charge on any atom is 0.341 e. The van der Waals surface area contributed by atoms with Crippen LogP contribution < -0.4 is 9.80 Å². The van der Waals surface area contributed by atoms with E-state index in [1.165, 1.54) is 24.8 Å². The second-order valence-electron chi connectivity index (χ2n) is 8.11. The fourth-order valence-corrected chi connectivity index (χ4v) is 3.15. The molecule has 174 valence electrons. The van der Waals surface area contributed by atoms with Crippen LogP contribution in [0.2, 0.25) is 0 Å². The zero-order valence-electron chi connectivity index (χ0n) is 18.9. The molecule has 1 unspecified atom stereocenters. The molecule has 13 heteroatoms. The number of hydrogen-bond donors (Lipinski definition) is 0. The monoisotopic (exact) mass is 455 g/mol. The van der Waals surface area contributed by atoms with Crippen molar-refractivity contribution >= 4 is 29.5 Å². The van der Waals surface area contributed by atoms with E-state index in [-0.39, 0.29) is 24.7 Å². The van der Waals surface area contributed by atoms with E-state index in [0.29, 0.717) is 24.7 Å². The van der Waals surface area contributed by atoms with E-state index < -0.39 is 23.6 Å². The summed E-state index contributed by atoms with van der Waals surface area (Å²) in [6.07, 6.45) is 5.56. The normalized spacial score (nSPS) is 16.1. The van der Waals surface area contributed by atoms with E-state index in [4.69, 9.17) is 15.0 Å². The number of aromatic nitrogens is 4. The van der Waals surface area contributed by atoms with Gasteiger partial charge in [-0.1, -0.05) is 5.11 Å². The number of ether oxygens (including phenoxy) is 2. The summed E-state index contributed by atoms with van der Waals surface area (Å²) < 4.78 is 10.6. The Morgan fingerprint density at radius 3 is 2.33 bits per heavy atom. The van der Waals surface area contributed by atoms with E-state index >= 15 is 0 Å². The van der Waals surface area contributed by atoms with Crippen LogP contribution in [0.15, 0.2) is 29.9 Å². The summed E-state index contributed by atoms with van der Waals surface area (Å²) in [4.78, 5) is 48.2. The summed E-state index contributed by atoms with van der Waals surface area (Å²) >= 11 is 0. The first-order chi connectivity index (χ1) is 15.7. The van der Waals surface area contributed by atoms with Gasteiger partial charge in [0.05, 0.1) is 24.4 Å². The number of carbonyl (C=O) groups is 2. The second-order valence-corrected chi connectivity index (χ2v) is 8.11. The van der Waals surface area contributed by atoms with Gasteiger partial charge in [-0.05, 0) is 33.2 Å². The molecule has 0 aromatic carbocycles. The Morgan fingerprint density at radius 1 is 1.12 bits per heavy atom. The molecule has 2 aromatic rings. The van der Waals surface area contributed by atoms with Crippen LogP contribution in [0, 0.1) is 0 Å². The smallest absolute Gasteiger partial charge is 0.341 e. The molecule has 0 bridgehead atoms. The summed E-state index contributed by atoms with van der Waals surface area (Å²) in [6.45, 7) is 8.40. The van der Waals surface area contributed by atoms with Crippen molar-refractivity contribution in [1.82, 2.24) is 19.9 Å². The minimum atomic E-state index is -0.744. The van der Waals surface area contributed by atoms with Gasteiger partial charge in [-0.2, -0.15) is 0 Å². The van der Waals surface area contributed by atoms with Crippen LogP contribution in [0.3, 0.4) is 0 Å². The van der Waals surface area contributed by atoms with Gasteiger partial charge in [0.1, 0.15) is 11.6 Å². The standard InChI is InChI=1S/C20H25N9O4/c1-5-32-16(30)13-8-22-19(23-9-13)29-7-6-28(12-15(29)17(31)33-20(2,3)4)18-24-10-14(11-25-18)26-27-21/h8-11,15H,5-7,12H2,1-4H3. The third kappa shape index (κ3) is 6.04. The number of esters is 2. The van der Waals surface area contributed by atoms with Crippen molar-refractivity contribution in [3.05, 3.63) is 40.8 Å². The molecule has 0 spiro atoms. The molecule has 0 aliphatic carbocycles. The number of carbonyl (C=O) groups excluding carboxylic acids is 2. The van der Waals surface area contributed by atoms with Crippen molar-refractivity contribution in [2.45, 2.75) is 39.3 Å². The van der Waals surface area contributed by atoms with Gasteiger partial charge in [-0.25, -0.2) is 29.5 Å². The van der Waals surface area contributed by atoms with Crippen molar-refractivity contribution in [1.29, 1.82) is 0 Å². The molecule has 3 rings (SSSR count). The predicted molar refractivity (Wildman–Crippen MR) is 118 cm³/mol. The predicted octanol–water partition coefficient (Wildman–Crippen LogP) is 2.42. The van der Waals surface area contributed by atoms with E-state index in [0.717, 1.165) is 0 Å². The van der Waals surface area contributed by atoms with Crippen molar-refractivity contribution < 1.29 is 19.1 Å². The Bertz CT molecular complexity index is 1030.